The summed E-state index contributed by atoms with van der Waals surface area (Å²) >= 11 is 0. The molecule has 2 fully saturated rings. The third-order valence-corrected chi connectivity index (χ3v) is 2.81. The fraction of sp³-hybridized carbons (Fsp3) is 0.727. The zero-order valence-electron chi connectivity index (χ0n) is 9.11. The van der Waals surface area contributed by atoms with Gasteiger partial charge < -0.3 is 10.2 Å². The Morgan fingerprint density at radius 3 is 2.80 bits per heavy atom. The van der Waals surface area contributed by atoms with E-state index in [1.54, 1.807) is 6.08 Å². The van der Waals surface area contributed by atoms with Crippen LogP contribution in [-0.2, 0) is 4.79 Å². The number of allylic oxidation sites excluding steroid dienone is 1. The second-order valence-corrected chi connectivity index (χ2v) is 4.34. The van der Waals surface area contributed by atoms with Crippen molar-refractivity contribution in [2.45, 2.75) is 25.8 Å². The Labute approximate surface area is 97.3 Å². The van der Waals surface area contributed by atoms with Crippen LogP contribution in [0, 0.1) is 5.92 Å². The Bertz CT molecular complexity index is 251. The van der Waals surface area contributed by atoms with Gasteiger partial charge in [0.05, 0.1) is 0 Å². The van der Waals surface area contributed by atoms with Crippen molar-refractivity contribution in [1.82, 2.24) is 10.2 Å². The van der Waals surface area contributed by atoms with E-state index in [0.717, 1.165) is 19.6 Å². The van der Waals surface area contributed by atoms with Gasteiger partial charge in [0.25, 0.3) is 0 Å². The standard InChI is InChI=1S/C11H18N2O.ClH/c1-9-8-13(7-6-12-9)11(14)5-4-10-2-3-10;/h4-5,9-10,12H,2-3,6-8H2,1H3;1H/b5-4+;. The average molecular weight is 231 g/mol. The first-order valence-corrected chi connectivity index (χ1v) is 5.46. The van der Waals surface area contributed by atoms with Gasteiger partial charge in [0.2, 0.25) is 5.91 Å². The smallest absolute Gasteiger partial charge is 0.246 e. The van der Waals surface area contributed by atoms with E-state index in [9.17, 15) is 4.79 Å². The summed E-state index contributed by atoms with van der Waals surface area (Å²) < 4.78 is 0. The third-order valence-electron chi connectivity index (χ3n) is 2.81. The molecule has 1 saturated carbocycles. The molecule has 0 bridgehead atoms. The van der Waals surface area contributed by atoms with Crippen molar-refractivity contribution in [2.24, 2.45) is 5.92 Å². The first kappa shape index (κ1) is 12.5. The first-order chi connectivity index (χ1) is 6.75. The summed E-state index contributed by atoms with van der Waals surface area (Å²) in [4.78, 5) is 13.6. The Morgan fingerprint density at radius 2 is 2.20 bits per heavy atom. The fourth-order valence-corrected chi connectivity index (χ4v) is 1.74. The molecule has 1 unspecified atom stereocenters. The Kier molecular flexibility index (Phi) is 4.61. The molecule has 0 radical (unpaired) electrons. The van der Waals surface area contributed by atoms with Crippen molar-refractivity contribution >= 4 is 18.3 Å². The summed E-state index contributed by atoms with van der Waals surface area (Å²) in [5, 5.41) is 3.33. The molecule has 1 heterocycles. The highest BCUT2D eigenvalue weighted by Gasteiger charge is 2.21. The van der Waals surface area contributed by atoms with E-state index in [2.05, 4.69) is 18.3 Å². The molecule has 0 aromatic carbocycles. The van der Waals surface area contributed by atoms with Crippen LogP contribution in [0.5, 0.6) is 0 Å². The number of carbonyl (C=O) groups is 1. The molecule has 1 atom stereocenters. The van der Waals surface area contributed by atoms with Crippen molar-refractivity contribution in [2.75, 3.05) is 19.6 Å². The second kappa shape index (κ2) is 5.52. The van der Waals surface area contributed by atoms with Crippen molar-refractivity contribution in [3.8, 4) is 0 Å². The number of rotatable bonds is 2. The molecule has 2 aliphatic rings. The lowest BCUT2D eigenvalue weighted by Crippen LogP contribution is -2.50. The van der Waals surface area contributed by atoms with E-state index in [0.29, 0.717) is 12.0 Å². The zero-order chi connectivity index (χ0) is 9.97. The Balaban J connectivity index is 0.00000112. The summed E-state index contributed by atoms with van der Waals surface area (Å²) in [6.07, 6.45) is 6.36. The molecule has 15 heavy (non-hydrogen) atoms. The van der Waals surface area contributed by atoms with Crippen LogP contribution in [0.1, 0.15) is 19.8 Å². The van der Waals surface area contributed by atoms with Gasteiger partial charge in [0, 0.05) is 25.7 Å². The lowest BCUT2D eigenvalue weighted by Gasteiger charge is -2.31. The Morgan fingerprint density at radius 1 is 1.47 bits per heavy atom. The van der Waals surface area contributed by atoms with Gasteiger partial charge in [-0.25, -0.2) is 0 Å². The van der Waals surface area contributed by atoms with Crippen molar-refractivity contribution in [1.29, 1.82) is 0 Å². The lowest BCUT2D eigenvalue weighted by atomic mass is 10.2. The van der Waals surface area contributed by atoms with E-state index in [-0.39, 0.29) is 18.3 Å². The second-order valence-electron chi connectivity index (χ2n) is 4.34. The third kappa shape index (κ3) is 3.84. The summed E-state index contributed by atoms with van der Waals surface area (Å²) in [6.45, 7) is 4.72. The van der Waals surface area contributed by atoms with Gasteiger partial charge in [-0.1, -0.05) is 6.08 Å². The summed E-state index contributed by atoms with van der Waals surface area (Å²) in [6, 6.07) is 0.432. The van der Waals surface area contributed by atoms with Gasteiger partial charge in [-0.05, 0) is 31.8 Å². The maximum absolute atomic E-state index is 11.7. The molecule has 0 aromatic heterocycles. The fourth-order valence-electron chi connectivity index (χ4n) is 1.74. The van der Waals surface area contributed by atoms with Crippen LogP contribution in [0.15, 0.2) is 12.2 Å². The maximum atomic E-state index is 11.7. The average Bonchev–Trinajstić information content (AvgIpc) is 2.97. The molecule has 1 amide bonds. The molecule has 2 rings (SSSR count). The number of carbonyl (C=O) groups excluding carboxylic acids is 1. The number of hydrogen-bond acceptors (Lipinski definition) is 2. The van der Waals surface area contributed by atoms with Gasteiger partial charge >= 0.3 is 0 Å². The molecular formula is C11H19ClN2O. The molecule has 86 valence electrons. The molecule has 0 spiro atoms. The monoisotopic (exact) mass is 230 g/mol. The zero-order valence-corrected chi connectivity index (χ0v) is 9.93. The minimum atomic E-state index is 0. The predicted octanol–water partition coefficient (Wildman–Crippen LogP) is 1.19. The van der Waals surface area contributed by atoms with E-state index in [4.69, 9.17) is 0 Å². The number of nitrogens with zero attached hydrogens (tertiary/aromatic N) is 1. The van der Waals surface area contributed by atoms with Crippen LogP contribution in [0.3, 0.4) is 0 Å². The van der Waals surface area contributed by atoms with Crippen LogP contribution in [0.25, 0.3) is 0 Å². The highest BCUT2D eigenvalue weighted by atomic mass is 35.5. The maximum Gasteiger partial charge on any atom is 0.246 e. The van der Waals surface area contributed by atoms with Crippen LogP contribution < -0.4 is 5.32 Å². The van der Waals surface area contributed by atoms with Crippen LogP contribution >= 0.6 is 12.4 Å². The molecule has 1 aliphatic carbocycles. The molecule has 3 nitrogen and oxygen atoms in total. The number of piperazine rings is 1. The normalized spacial score (nSPS) is 26.5. The summed E-state index contributed by atoms with van der Waals surface area (Å²) in [5.41, 5.74) is 0. The van der Waals surface area contributed by atoms with Gasteiger partial charge in [-0.3, -0.25) is 4.79 Å². The number of halogens is 1. The highest BCUT2D eigenvalue weighted by molar-refractivity contribution is 5.87. The molecular weight excluding hydrogens is 212 g/mol. The molecule has 4 heteroatoms. The van der Waals surface area contributed by atoms with Crippen LogP contribution in [0.4, 0.5) is 0 Å². The number of nitrogens with one attached hydrogen (secondary N) is 1. The quantitative estimate of drug-likeness (QED) is 0.723. The molecule has 1 N–H and O–H groups in total. The SMILES string of the molecule is CC1CN(C(=O)/C=C/C2CC2)CCN1.Cl. The summed E-state index contributed by atoms with van der Waals surface area (Å²) in [5.74, 6) is 0.879. The van der Waals surface area contributed by atoms with E-state index in [1.165, 1.54) is 12.8 Å². The summed E-state index contributed by atoms with van der Waals surface area (Å²) in [7, 11) is 0. The molecule has 1 aliphatic heterocycles. The van der Waals surface area contributed by atoms with Crippen molar-refractivity contribution in [3.63, 3.8) is 0 Å². The molecule has 0 aromatic rings. The predicted molar refractivity (Wildman–Crippen MR) is 63.2 cm³/mol. The minimum Gasteiger partial charge on any atom is -0.336 e. The van der Waals surface area contributed by atoms with Gasteiger partial charge in [0.1, 0.15) is 0 Å². The van der Waals surface area contributed by atoms with E-state index in [1.807, 2.05) is 4.90 Å². The van der Waals surface area contributed by atoms with Gasteiger partial charge in [-0.15, -0.1) is 12.4 Å². The largest absolute Gasteiger partial charge is 0.336 e. The van der Waals surface area contributed by atoms with Gasteiger partial charge in [-0.2, -0.15) is 0 Å². The van der Waals surface area contributed by atoms with Crippen molar-refractivity contribution in [3.05, 3.63) is 12.2 Å². The van der Waals surface area contributed by atoms with Crippen molar-refractivity contribution < 1.29 is 4.79 Å². The van der Waals surface area contributed by atoms with Crippen LogP contribution in [0.2, 0.25) is 0 Å². The first-order valence-electron chi connectivity index (χ1n) is 5.46. The topological polar surface area (TPSA) is 32.3 Å². The lowest BCUT2D eigenvalue weighted by molar-refractivity contribution is -0.127. The van der Waals surface area contributed by atoms with E-state index >= 15 is 0 Å². The highest BCUT2D eigenvalue weighted by Crippen LogP contribution is 2.29. The number of amides is 1. The molecule has 1 saturated heterocycles. The Hall–Kier alpha value is -0.540. The van der Waals surface area contributed by atoms with E-state index < -0.39 is 0 Å². The minimum absolute atomic E-state index is 0. The number of hydrogen-bond donors (Lipinski definition) is 1. The van der Waals surface area contributed by atoms with Crippen LogP contribution in [-0.4, -0.2) is 36.5 Å². The van der Waals surface area contributed by atoms with Gasteiger partial charge in [0.15, 0.2) is 0 Å².